The minimum atomic E-state index is -0.332. The Kier molecular flexibility index (Phi) is 3.98. The van der Waals surface area contributed by atoms with Gasteiger partial charge in [0, 0.05) is 5.69 Å². The summed E-state index contributed by atoms with van der Waals surface area (Å²) in [5, 5.41) is 2.89. The van der Waals surface area contributed by atoms with Crippen LogP contribution in [-0.4, -0.2) is 20.4 Å². The standard InChI is InChI=1S/C22H17N5O2/c23-20-18(22(28)24-14-7-2-1-3-8-14)19-21(27(20)13-15-9-6-12-29-15)26-17-11-5-4-10-16(17)25-19/h1-12H,13,23H2,(H,24,28). The molecule has 0 spiro atoms. The second-order valence-electron chi connectivity index (χ2n) is 6.63. The highest BCUT2D eigenvalue weighted by Crippen LogP contribution is 2.29. The van der Waals surface area contributed by atoms with E-state index in [-0.39, 0.29) is 5.91 Å². The van der Waals surface area contributed by atoms with Crippen LogP contribution in [0.1, 0.15) is 16.1 Å². The van der Waals surface area contributed by atoms with Gasteiger partial charge in [-0.05, 0) is 36.4 Å². The highest BCUT2D eigenvalue weighted by molar-refractivity contribution is 6.16. The van der Waals surface area contributed by atoms with Gasteiger partial charge in [-0.1, -0.05) is 30.3 Å². The number of nitrogens with one attached hydrogen (secondary N) is 1. The zero-order valence-electron chi connectivity index (χ0n) is 15.4. The summed E-state index contributed by atoms with van der Waals surface area (Å²) in [5.41, 5.74) is 9.83. The van der Waals surface area contributed by atoms with Gasteiger partial charge in [0.1, 0.15) is 22.7 Å². The number of aromatic nitrogens is 3. The smallest absolute Gasteiger partial charge is 0.261 e. The Labute approximate surface area is 165 Å². The molecule has 5 rings (SSSR count). The van der Waals surface area contributed by atoms with E-state index >= 15 is 0 Å². The molecule has 0 atom stereocenters. The zero-order chi connectivity index (χ0) is 19.8. The van der Waals surface area contributed by atoms with Crippen molar-refractivity contribution in [2.75, 3.05) is 11.1 Å². The van der Waals surface area contributed by atoms with Gasteiger partial charge in [-0.25, -0.2) is 9.97 Å². The lowest BCUT2D eigenvalue weighted by atomic mass is 10.2. The molecular formula is C22H17N5O2. The van der Waals surface area contributed by atoms with Crippen molar-refractivity contribution in [3.63, 3.8) is 0 Å². The first kappa shape index (κ1) is 17.0. The lowest BCUT2D eigenvalue weighted by Gasteiger charge is -2.06. The van der Waals surface area contributed by atoms with E-state index in [4.69, 9.17) is 20.1 Å². The van der Waals surface area contributed by atoms with Crippen LogP contribution in [0.15, 0.2) is 77.4 Å². The molecule has 0 aliphatic carbocycles. The Morgan fingerprint density at radius 2 is 1.69 bits per heavy atom. The number of para-hydroxylation sites is 3. The Hall–Kier alpha value is -4.13. The van der Waals surface area contributed by atoms with Crippen molar-refractivity contribution >= 4 is 39.6 Å². The number of nitrogens with two attached hydrogens (primary N) is 1. The largest absolute Gasteiger partial charge is 0.467 e. The summed E-state index contributed by atoms with van der Waals surface area (Å²) in [6, 6.07) is 20.4. The molecule has 142 valence electrons. The summed E-state index contributed by atoms with van der Waals surface area (Å²) >= 11 is 0. The van der Waals surface area contributed by atoms with Gasteiger partial charge in [-0.15, -0.1) is 0 Å². The van der Waals surface area contributed by atoms with E-state index in [9.17, 15) is 4.79 Å². The molecule has 0 aliphatic heterocycles. The molecule has 0 fully saturated rings. The first-order valence-electron chi connectivity index (χ1n) is 9.14. The quantitative estimate of drug-likeness (QED) is 0.488. The van der Waals surface area contributed by atoms with E-state index < -0.39 is 0 Å². The third-order valence-electron chi connectivity index (χ3n) is 4.74. The average Bonchev–Trinajstić information content (AvgIpc) is 3.34. The van der Waals surface area contributed by atoms with Crippen molar-refractivity contribution in [1.82, 2.24) is 14.5 Å². The van der Waals surface area contributed by atoms with Gasteiger partial charge < -0.3 is 20.0 Å². The molecule has 0 radical (unpaired) electrons. The number of nitrogen functional groups attached to an aromatic ring is 1. The molecule has 7 nitrogen and oxygen atoms in total. The van der Waals surface area contributed by atoms with Crippen LogP contribution in [0.25, 0.3) is 22.2 Å². The van der Waals surface area contributed by atoms with E-state index in [1.807, 2.05) is 60.7 Å². The summed E-state index contributed by atoms with van der Waals surface area (Å²) in [7, 11) is 0. The van der Waals surface area contributed by atoms with Gasteiger partial charge in [0.2, 0.25) is 0 Å². The minimum Gasteiger partial charge on any atom is -0.467 e. The predicted molar refractivity (Wildman–Crippen MR) is 112 cm³/mol. The SMILES string of the molecule is Nc1c(C(=O)Nc2ccccc2)c2nc3ccccc3nc2n1Cc1ccco1. The molecule has 29 heavy (non-hydrogen) atoms. The molecule has 3 aromatic heterocycles. The monoisotopic (exact) mass is 383 g/mol. The molecule has 0 saturated carbocycles. The first-order chi connectivity index (χ1) is 14.2. The van der Waals surface area contributed by atoms with Gasteiger partial charge in [0.15, 0.2) is 5.65 Å². The summed E-state index contributed by atoms with van der Waals surface area (Å²) in [6.45, 7) is 0.348. The van der Waals surface area contributed by atoms with Crippen LogP contribution in [0, 0.1) is 0 Å². The summed E-state index contributed by atoms with van der Waals surface area (Å²) < 4.78 is 7.23. The maximum atomic E-state index is 13.1. The molecule has 0 bridgehead atoms. The van der Waals surface area contributed by atoms with Gasteiger partial charge in [0.25, 0.3) is 5.91 Å². The van der Waals surface area contributed by atoms with Crippen LogP contribution in [0.4, 0.5) is 11.5 Å². The summed E-state index contributed by atoms with van der Waals surface area (Å²) in [5.74, 6) is 0.667. The van der Waals surface area contributed by atoms with Crippen LogP contribution in [0.5, 0.6) is 0 Å². The average molecular weight is 383 g/mol. The number of fused-ring (bicyclic) bond motifs is 2. The van der Waals surface area contributed by atoms with Crippen LogP contribution in [0.2, 0.25) is 0 Å². The van der Waals surface area contributed by atoms with E-state index in [2.05, 4.69) is 5.32 Å². The fourth-order valence-electron chi connectivity index (χ4n) is 3.37. The number of carbonyl (C=O) groups excluding carboxylic acids is 1. The highest BCUT2D eigenvalue weighted by Gasteiger charge is 2.24. The Bertz CT molecular complexity index is 1320. The second-order valence-corrected chi connectivity index (χ2v) is 6.63. The number of carbonyl (C=O) groups is 1. The van der Waals surface area contributed by atoms with E-state index in [0.717, 1.165) is 5.52 Å². The molecule has 5 aromatic rings. The summed E-state index contributed by atoms with van der Waals surface area (Å²) in [6.07, 6.45) is 1.60. The lowest BCUT2D eigenvalue weighted by molar-refractivity contribution is 0.102. The summed E-state index contributed by atoms with van der Waals surface area (Å²) in [4.78, 5) is 22.5. The van der Waals surface area contributed by atoms with Crippen molar-refractivity contribution < 1.29 is 9.21 Å². The molecule has 3 N–H and O–H groups in total. The van der Waals surface area contributed by atoms with E-state index in [0.29, 0.717) is 46.1 Å². The first-order valence-corrected chi connectivity index (χ1v) is 9.14. The minimum absolute atomic E-state index is 0.292. The van der Waals surface area contributed by atoms with Crippen molar-refractivity contribution in [1.29, 1.82) is 0 Å². The Morgan fingerprint density at radius 3 is 2.41 bits per heavy atom. The Morgan fingerprint density at radius 1 is 0.966 bits per heavy atom. The lowest BCUT2D eigenvalue weighted by Crippen LogP contribution is -2.14. The molecule has 2 aromatic carbocycles. The zero-order valence-corrected chi connectivity index (χ0v) is 15.4. The molecule has 7 heteroatoms. The molecular weight excluding hydrogens is 366 g/mol. The number of amides is 1. The third kappa shape index (κ3) is 2.98. The molecule has 1 amide bonds. The number of furan rings is 1. The van der Waals surface area contributed by atoms with Gasteiger partial charge in [0.05, 0.1) is 23.8 Å². The normalized spacial score (nSPS) is 11.2. The van der Waals surface area contributed by atoms with Crippen molar-refractivity contribution in [3.05, 3.63) is 84.3 Å². The van der Waals surface area contributed by atoms with Gasteiger partial charge in [-0.3, -0.25) is 4.79 Å². The van der Waals surface area contributed by atoms with Crippen LogP contribution in [0.3, 0.4) is 0 Å². The van der Waals surface area contributed by atoms with Crippen LogP contribution >= 0.6 is 0 Å². The maximum Gasteiger partial charge on any atom is 0.261 e. The number of hydrogen-bond donors (Lipinski definition) is 2. The number of anilines is 2. The molecule has 0 aliphatic rings. The topological polar surface area (TPSA) is 99.0 Å². The van der Waals surface area contributed by atoms with Crippen LogP contribution in [-0.2, 0) is 6.54 Å². The van der Waals surface area contributed by atoms with E-state index in [1.165, 1.54) is 0 Å². The molecule has 3 heterocycles. The second kappa shape index (κ2) is 6.79. The number of nitrogens with zero attached hydrogens (tertiary/aromatic N) is 3. The van der Waals surface area contributed by atoms with Crippen molar-refractivity contribution in [3.8, 4) is 0 Å². The fourth-order valence-corrected chi connectivity index (χ4v) is 3.37. The third-order valence-corrected chi connectivity index (χ3v) is 4.74. The highest BCUT2D eigenvalue weighted by atomic mass is 16.3. The molecule has 0 saturated heterocycles. The van der Waals surface area contributed by atoms with Crippen LogP contribution < -0.4 is 11.1 Å². The number of hydrogen-bond acceptors (Lipinski definition) is 5. The van der Waals surface area contributed by atoms with Crippen molar-refractivity contribution in [2.24, 2.45) is 0 Å². The Balaban J connectivity index is 1.70. The van der Waals surface area contributed by atoms with Gasteiger partial charge >= 0.3 is 0 Å². The van der Waals surface area contributed by atoms with Gasteiger partial charge in [-0.2, -0.15) is 0 Å². The number of benzene rings is 2. The fraction of sp³-hybridized carbons (Fsp3) is 0.0455. The maximum absolute atomic E-state index is 13.1. The molecule has 0 unspecified atom stereocenters. The van der Waals surface area contributed by atoms with Crippen molar-refractivity contribution in [2.45, 2.75) is 6.54 Å². The predicted octanol–water partition coefficient (Wildman–Crippen LogP) is 4.06. The number of rotatable bonds is 4. The van der Waals surface area contributed by atoms with E-state index in [1.54, 1.807) is 16.9 Å².